The molecule has 2 aliphatic rings. The molecular formula is C15H29N3O2. The van der Waals surface area contributed by atoms with Crippen LogP contribution in [0.2, 0.25) is 0 Å². The number of rotatable bonds is 6. The van der Waals surface area contributed by atoms with E-state index in [1.54, 1.807) is 0 Å². The van der Waals surface area contributed by atoms with Crippen molar-refractivity contribution >= 4 is 5.91 Å². The number of hydrogen-bond donors (Lipinski definition) is 2. The van der Waals surface area contributed by atoms with E-state index in [-0.39, 0.29) is 5.91 Å². The maximum Gasteiger partial charge on any atom is 0.220 e. The third-order valence-corrected chi connectivity index (χ3v) is 4.44. The monoisotopic (exact) mass is 283 g/mol. The Morgan fingerprint density at radius 3 is 2.60 bits per heavy atom. The molecule has 0 aromatic rings. The van der Waals surface area contributed by atoms with Crippen LogP contribution in [0.15, 0.2) is 0 Å². The first-order valence-corrected chi connectivity index (χ1v) is 8.06. The fraction of sp³-hybridized carbons (Fsp3) is 0.933. The maximum atomic E-state index is 11.9. The number of carbonyl (C=O) groups excluding carboxylic acids is 1. The first kappa shape index (κ1) is 15.7. The molecule has 1 aliphatic carbocycles. The van der Waals surface area contributed by atoms with Gasteiger partial charge in [0.15, 0.2) is 0 Å². The molecule has 116 valence electrons. The molecule has 20 heavy (non-hydrogen) atoms. The van der Waals surface area contributed by atoms with Crippen LogP contribution in [-0.4, -0.2) is 56.2 Å². The van der Waals surface area contributed by atoms with Gasteiger partial charge in [0.1, 0.15) is 0 Å². The van der Waals surface area contributed by atoms with Crippen LogP contribution < -0.4 is 11.1 Å². The Balaban J connectivity index is 1.49. The summed E-state index contributed by atoms with van der Waals surface area (Å²) < 4.78 is 5.32. The molecule has 0 unspecified atom stereocenters. The lowest BCUT2D eigenvalue weighted by Crippen LogP contribution is -2.38. The fourth-order valence-electron chi connectivity index (χ4n) is 3.08. The summed E-state index contributed by atoms with van der Waals surface area (Å²) in [5, 5.41) is 3.05. The molecule has 1 heterocycles. The molecule has 0 aromatic carbocycles. The highest BCUT2D eigenvalue weighted by molar-refractivity contribution is 5.76. The maximum absolute atomic E-state index is 11.9. The van der Waals surface area contributed by atoms with Gasteiger partial charge in [-0.25, -0.2) is 0 Å². The van der Waals surface area contributed by atoms with Crippen molar-refractivity contribution in [3.63, 3.8) is 0 Å². The van der Waals surface area contributed by atoms with E-state index in [0.29, 0.717) is 18.4 Å². The zero-order valence-corrected chi connectivity index (χ0v) is 12.5. The molecule has 5 nitrogen and oxygen atoms in total. The molecule has 2 rings (SSSR count). The van der Waals surface area contributed by atoms with Crippen LogP contribution in [0.1, 0.15) is 38.5 Å². The van der Waals surface area contributed by atoms with E-state index in [2.05, 4.69) is 10.2 Å². The minimum absolute atomic E-state index is 0.215. The highest BCUT2D eigenvalue weighted by Crippen LogP contribution is 2.25. The summed E-state index contributed by atoms with van der Waals surface area (Å²) in [6.45, 7) is 5.59. The van der Waals surface area contributed by atoms with Gasteiger partial charge < -0.3 is 15.8 Å². The summed E-state index contributed by atoms with van der Waals surface area (Å²) >= 11 is 0. The fourth-order valence-corrected chi connectivity index (χ4v) is 3.08. The molecular weight excluding hydrogens is 254 g/mol. The van der Waals surface area contributed by atoms with Crippen LogP contribution in [0.3, 0.4) is 0 Å². The van der Waals surface area contributed by atoms with Crippen molar-refractivity contribution in [3.05, 3.63) is 0 Å². The van der Waals surface area contributed by atoms with Gasteiger partial charge in [-0.05, 0) is 44.6 Å². The molecule has 3 N–H and O–H groups in total. The topological polar surface area (TPSA) is 67.6 Å². The van der Waals surface area contributed by atoms with Crippen LogP contribution in [-0.2, 0) is 9.53 Å². The summed E-state index contributed by atoms with van der Waals surface area (Å²) in [6, 6.07) is 0.364. The predicted octanol–water partition coefficient (Wildman–Crippen LogP) is 0.732. The first-order chi connectivity index (χ1) is 9.74. The van der Waals surface area contributed by atoms with Gasteiger partial charge in [-0.2, -0.15) is 0 Å². The number of carbonyl (C=O) groups is 1. The zero-order chi connectivity index (χ0) is 14.2. The first-order valence-electron chi connectivity index (χ1n) is 8.06. The van der Waals surface area contributed by atoms with Gasteiger partial charge in [-0.15, -0.1) is 0 Å². The number of nitrogens with zero attached hydrogens (tertiary/aromatic N) is 1. The summed E-state index contributed by atoms with van der Waals surface area (Å²) in [5.41, 5.74) is 5.88. The van der Waals surface area contributed by atoms with Crippen molar-refractivity contribution in [2.45, 2.75) is 44.6 Å². The standard InChI is InChI=1S/C15H29N3O2/c16-14-4-2-13(3-5-14)12-15(19)17-6-1-7-18-8-10-20-11-9-18/h13-14H,1-12,16H2,(H,17,19). The molecule has 5 heteroatoms. The summed E-state index contributed by atoms with van der Waals surface area (Å²) in [6.07, 6.45) is 6.10. The molecule has 1 aliphatic heterocycles. The van der Waals surface area contributed by atoms with Crippen molar-refractivity contribution in [1.29, 1.82) is 0 Å². The molecule has 2 fully saturated rings. The lowest BCUT2D eigenvalue weighted by molar-refractivity contribution is -0.122. The van der Waals surface area contributed by atoms with E-state index >= 15 is 0 Å². The number of nitrogens with one attached hydrogen (secondary N) is 1. The molecule has 1 saturated heterocycles. The van der Waals surface area contributed by atoms with Gasteiger partial charge in [-0.3, -0.25) is 9.69 Å². The average Bonchev–Trinajstić information content (AvgIpc) is 2.47. The van der Waals surface area contributed by atoms with E-state index in [9.17, 15) is 4.79 Å². The summed E-state index contributed by atoms with van der Waals surface area (Å²) in [5.74, 6) is 0.765. The largest absolute Gasteiger partial charge is 0.379 e. The quantitative estimate of drug-likeness (QED) is 0.705. The van der Waals surface area contributed by atoms with Crippen LogP contribution in [0, 0.1) is 5.92 Å². The van der Waals surface area contributed by atoms with E-state index < -0.39 is 0 Å². The number of nitrogens with two attached hydrogens (primary N) is 1. The zero-order valence-electron chi connectivity index (χ0n) is 12.5. The van der Waals surface area contributed by atoms with Crippen molar-refractivity contribution in [2.24, 2.45) is 11.7 Å². The molecule has 1 amide bonds. The van der Waals surface area contributed by atoms with Crippen LogP contribution in [0.25, 0.3) is 0 Å². The highest BCUT2D eigenvalue weighted by Gasteiger charge is 2.20. The number of hydrogen-bond acceptors (Lipinski definition) is 4. The average molecular weight is 283 g/mol. The van der Waals surface area contributed by atoms with Crippen LogP contribution in [0.4, 0.5) is 0 Å². The van der Waals surface area contributed by atoms with Crippen LogP contribution in [0.5, 0.6) is 0 Å². The Labute approximate surface area is 122 Å². The predicted molar refractivity (Wildman–Crippen MR) is 79.4 cm³/mol. The number of ether oxygens (including phenoxy) is 1. The Kier molecular flexibility index (Phi) is 6.76. The molecule has 0 aromatic heterocycles. The van der Waals surface area contributed by atoms with Gasteiger partial charge in [0.2, 0.25) is 5.91 Å². The van der Waals surface area contributed by atoms with Gasteiger partial charge in [0.25, 0.3) is 0 Å². The molecule has 0 atom stereocenters. The normalized spacial score (nSPS) is 28.2. The van der Waals surface area contributed by atoms with E-state index in [0.717, 1.165) is 71.5 Å². The Bertz CT molecular complexity index is 285. The van der Waals surface area contributed by atoms with Gasteiger partial charge in [0.05, 0.1) is 13.2 Å². The van der Waals surface area contributed by atoms with E-state index in [1.807, 2.05) is 0 Å². The number of morpholine rings is 1. The third kappa shape index (κ3) is 5.77. The Morgan fingerprint density at radius 2 is 1.90 bits per heavy atom. The molecule has 0 bridgehead atoms. The van der Waals surface area contributed by atoms with Crippen molar-refractivity contribution < 1.29 is 9.53 Å². The van der Waals surface area contributed by atoms with Crippen molar-refractivity contribution in [2.75, 3.05) is 39.4 Å². The third-order valence-electron chi connectivity index (χ3n) is 4.44. The Hall–Kier alpha value is -0.650. The second-order valence-electron chi connectivity index (χ2n) is 6.14. The molecule has 0 spiro atoms. The lowest BCUT2D eigenvalue weighted by atomic mass is 9.84. The van der Waals surface area contributed by atoms with E-state index in [4.69, 9.17) is 10.5 Å². The molecule has 1 saturated carbocycles. The van der Waals surface area contributed by atoms with Crippen molar-refractivity contribution in [1.82, 2.24) is 10.2 Å². The van der Waals surface area contributed by atoms with Crippen molar-refractivity contribution in [3.8, 4) is 0 Å². The summed E-state index contributed by atoms with van der Waals surface area (Å²) in [7, 11) is 0. The van der Waals surface area contributed by atoms with Gasteiger partial charge >= 0.3 is 0 Å². The lowest BCUT2D eigenvalue weighted by Gasteiger charge is -2.27. The van der Waals surface area contributed by atoms with Gasteiger partial charge in [-0.1, -0.05) is 0 Å². The minimum atomic E-state index is 0.215. The minimum Gasteiger partial charge on any atom is -0.379 e. The number of amides is 1. The van der Waals surface area contributed by atoms with Gasteiger partial charge in [0, 0.05) is 32.1 Å². The van der Waals surface area contributed by atoms with E-state index in [1.165, 1.54) is 0 Å². The Morgan fingerprint density at radius 1 is 1.20 bits per heavy atom. The second-order valence-corrected chi connectivity index (χ2v) is 6.14. The smallest absolute Gasteiger partial charge is 0.220 e. The van der Waals surface area contributed by atoms with Crippen LogP contribution >= 0.6 is 0 Å². The summed E-state index contributed by atoms with van der Waals surface area (Å²) in [4.78, 5) is 14.3. The molecule has 0 radical (unpaired) electrons. The highest BCUT2D eigenvalue weighted by atomic mass is 16.5. The SMILES string of the molecule is NC1CCC(CC(=O)NCCCN2CCOCC2)CC1. The second kappa shape index (κ2) is 8.60.